The van der Waals surface area contributed by atoms with Crippen LogP contribution in [0.4, 0.5) is 0 Å². The number of ketones is 1. The van der Waals surface area contributed by atoms with Crippen molar-refractivity contribution in [3.05, 3.63) is 34.3 Å². The minimum Gasteiger partial charge on any atom is -0.475 e. The van der Waals surface area contributed by atoms with Gasteiger partial charge >= 0.3 is 5.97 Å². The van der Waals surface area contributed by atoms with Gasteiger partial charge in [0.05, 0.1) is 0 Å². The van der Waals surface area contributed by atoms with E-state index in [1.54, 1.807) is 12.1 Å². The first kappa shape index (κ1) is 8.93. The molecule has 0 saturated carbocycles. The second-order valence-corrected chi connectivity index (χ2v) is 3.06. The van der Waals surface area contributed by atoms with Gasteiger partial charge in [-0.2, -0.15) is 0 Å². The van der Waals surface area contributed by atoms with Crippen LogP contribution in [-0.2, 0) is 4.79 Å². The number of rotatable bonds is 2. The first-order valence-electron chi connectivity index (χ1n) is 3.14. The highest BCUT2D eigenvalue weighted by Gasteiger charge is 2.13. The number of carboxylic acids is 1. The van der Waals surface area contributed by atoms with Gasteiger partial charge in [0.2, 0.25) is 0 Å². The van der Waals surface area contributed by atoms with Crippen molar-refractivity contribution in [1.82, 2.24) is 0 Å². The van der Waals surface area contributed by atoms with E-state index in [4.69, 9.17) is 5.11 Å². The molecule has 0 bridgehead atoms. The van der Waals surface area contributed by atoms with Crippen LogP contribution in [0.2, 0.25) is 0 Å². The Morgan fingerprint density at radius 3 is 2.08 bits per heavy atom. The third-order valence-corrected chi connectivity index (χ3v) is 1.83. The zero-order chi connectivity index (χ0) is 9.14. The highest BCUT2D eigenvalue weighted by atomic mass is 79.9. The van der Waals surface area contributed by atoms with Gasteiger partial charge in [-0.05, 0) is 24.3 Å². The maximum absolute atomic E-state index is 10.8. The molecule has 12 heavy (non-hydrogen) atoms. The number of Topliss-reactive ketones (excluding diaryl/α,β-unsaturated/α-hetero) is 1. The van der Waals surface area contributed by atoms with Gasteiger partial charge in [0.25, 0.3) is 5.78 Å². The van der Waals surface area contributed by atoms with Gasteiger partial charge in [-0.3, -0.25) is 4.79 Å². The number of hydrogen-bond acceptors (Lipinski definition) is 2. The molecule has 62 valence electrons. The molecule has 0 spiro atoms. The van der Waals surface area contributed by atoms with Crippen LogP contribution in [0.5, 0.6) is 0 Å². The standard InChI is InChI=1S/C8H5BrO3/c9-6-3-1-5(2-4-6)7(10)8(11)12/h1-4H,(H,11,12). The van der Waals surface area contributed by atoms with E-state index in [-0.39, 0.29) is 5.56 Å². The van der Waals surface area contributed by atoms with Crippen LogP contribution in [0, 0.1) is 0 Å². The van der Waals surface area contributed by atoms with Crippen molar-refractivity contribution < 1.29 is 14.7 Å². The van der Waals surface area contributed by atoms with Crippen LogP contribution in [0.3, 0.4) is 0 Å². The van der Waals surface area contributed by atoms with Gasteiger partial charge in [-0.15, -0.1) is 0 Å². The summed E-state index contributed by atoms with van der Waals surface area (Å²) in [6.07, 6.45) is 0. The Balaban J connectivity index is 2.98. The molecular formula is C8H5BrO3. The Kier molecular flexibility index (Phi) is 2.60. The first-order valence-corrected chi connectivity index (χ1v) is 3.94. The molecule has 1 rings (SSSR count). The molecule has 0 amide bonds. The average molecular weight is 229 g/mol. The normalized spacial score (nSPS) is 9.42. The molecule has 0 unspecified atom stereocenters. The molecule has 1 N–H and O–H groups in total. The lowest BCUT2D eigenvalue weighted by Gasteiger charge is -1.94. The molecule has 0 aromatic heterocycles. The predicted octanol–water partition coefficient (Wildman–Crippen LogP) is 1.72. The van der Waals surface area contributed by atoms with Crippen LogP contribution in [-0.4, -0.2) is 16.9 Å². The number of carboxylic acid groups (broad SMARTS) is 1. The fourth-order valence-corrected chi connectivity index (χ4v) is 0.989. The zero-order valence-electron chi connectivity index (χ0n) is 5.95. The third kappa shape index (κ3) is 1.92. The Morgan fingerprint density at radius 2 is 1.67 bits per heavy atom. The Labute approximate surface area is 77.1 Å². The zero-order valence-corrected chi connectivity index (χ0v) is 7.54. The van der Waals surface area contributed by atoms with Crippen molar-refractivity contribution in [2.75, 3.05) is 0 Å². The summed E-state index contributed by atoms with van der Waals surface area (Å²) in [5, 5.41) is 8.34. The predicted molar refractivity (Wildman–Crippen MR) is 46.1 cm³/mol. The quantitative estimate of drug-likeness (QED) is 0.620. The summed E-state index contributed by atoms with van der Waals surface area (Å²) in [4.78, 5) is 21.1. The van der Waals surface area contributed by atoms with Crippen LogP contribution >= 0.6 is 15.9 Å². The number of carbonyl (C=O) groups excluding carboxylic acids is 1. The summed E-state index contributed by atoms with van der Waals surface area (Å²) >= 11 is 3.17. The Hall–Kier alpha value is -1.16. The molecule has 0 aliphatic heterocycles. The maximum Gasteiger partial charge on any atom is 0.377 e. The van der Waals surface area contributed by atoms with Crippen molar-refractivity contribution in [1.29, 1.82) is 0 Å². The topological polar surface area (TPSA) is 54.4 Å². The summed E-state index contributed by atoms with van der Waals surface area (Å²) in [7, 11) is 0. The lowest BCUT2D eigenvalue weighted by Crippen LogP contribution is -2.12. The van der Waals surface area contributed by atoms with E-state index in [0.29, 0.717) is 0 Å². The van der Waals surface area contributed by atoms with E-state index in [2.05, 4.69) is 15.9 Å². The van der Waals surface area contributed by atoms with E-state index >= 15 is 0 Å². The fraction of sp³-hybridized carbons (Fsp3) is 0. The average Bonchev–Trinajstić information content (AvgIpc) is 2.04. The van der Waals surface area contributed by atoms with Gasteiger partial charge in [0.15, 0.2) is 0 Å². The van der Waals surface area contributed by atoms with Crippen molar-refractivity contribution in [2.45, 2.75) is 0 Å². The van der Waals surface area contributed by atoms with E-state index in [0.717, 1.165) is 4.47 Å². The highest BCUT2D eigenvalue weighted by Crippen LogP contribution is 2.10. The molecule has 3 nitrogen and oxygen atoms in total. The molecule has 0 aliphatic carbocycles. The minimum atomic E-state index is -1.43. The summed E-state index contributed by atoms with van der Waals surface area (Å²) in [6.45, 7) is 0. The Bertz CT molecular complexity index is 316. The lowest BCUT2D eigenvalue weighted by molar-refractivity contribution is -0.131. The number of aliphatic carboxylic acids is 1. The van der Waals surface area contributed by atoms with E-state index in [1.807, 2.05) is 0 Å². The van der Waals surface area contributed by atoms with Gasteiger partial charge in [-0.1, -0.05) is 15.9 Å². The van der Waals surface area contributed by atoms with Gasteiger partial charge < -0.3 is 5.11 Å². The molecule has 0 heterocycles. The van der Waals surface area contributed by atoms with Crippen LogP contribution in [0.1, 0.15) is 10.4 Å². The SMILES string of the molecule is O=C(O)C(=O)c1ccc(Br)cc1. The number of benzene rings is 1. The molecular weight excluding hydrogens is 224 g/mol. The van der Waals surface area contributed by atoms with Gasteiger partial charge in [0, 0.05) is 10.0 Å². The second kappa shape index (κ2) is 3.49. The second-order valence-electron chi connectivity index (χ2n) is 2.14. The third-order valence-electron chi connectivity index (χ3n) is 1.30. The molecule has 0 aliphatic rings. The van der Waals surface area contributed by atoms with Crippen LogP contribution < -0.4 is 0 Å². The van der Waals surface area contributed by atoms with Crippen LogP contribution in [0.15, 0.2) is 28.7 Å². The van der Waals surface area contributed by atoms with Crippen LogP contribution in [0.25, 0.3) is 0 Å². The molecule has 0 saturated heterocycles. The number of hydrogen-bond donors (Lipinski definition) is 1. The van der Waals surface area contributed by atoms with E-state index < -0.39 is 11.8 Å². The van der Waals surface area contributed by atoms with E-state index in [1.165, 1.54) is 12.1 Å². The van der Waals surface area contributed by atoms with Crippen molar-refractivity contribution in [2.24, 2.45) is 0 Å². The van der Waals surface area contributed by atoms with Gasteiger partial charge in [0.1, 0.15) is 0 Å². The largest absolute Gasteiger partial charge is 0.475 e. The minimum absolute atomic E-state index is 0.186. The smallest absolute Gasteiger partial charge is 0.377 e. The Morgan fingerprint density at radius 1 is 1.17 bits per heavy atom. The summed E-state index contributed by atoms with van der Waals surface area (Å²) in [5.41, 5.74) is 0.186. The maximum atomic E-state index is 10.8. The monoisotopic (exact) mass is 228 g/mol. The highest BCUT2D eigenvalue weighted by molar-refractivity contribution is 9.10. The van der Waals surface area contributed by atoms with Crippen molar-refractivity contribution >= 4 is 27.7 Å². The molecule has 0 fully saturated rings. The van der Waals surface area contributed by atoms with Crippen molar-refractivity contribution in [3.8, 4) is 0 Å². The summed E-state index contributed by atoms with van der Waals surface area (Å²) in [5.74, 6) is -2.32. The summed E-state index contributed by atoms with van der Waals surface area (Å²) in [6, 6.07) is 6.16. The molecule has 0 atom stereocenters. The van der Waals surface area contributed by atoms with Crippen molar-refractivity contribution in [3.63, 3.8) is 0 Å². The van der Waals surface area contributed by atoms with E-state index in [9.17, 15) is 9.59 Å². The molecule has 1 aromatic rings. The molecule has 1 aromatic carbocycles. The summed E-state index contributed by atoms with van der Waals surface area (Å²) < 4.78 is 0.810. The molecule has 4 heteroatoms. The number of carbonyl (C=O) groups is 2. The fourth-order valence-electron chi connectivity index (χ4n) is 0.725. The molecule has 0 radical (unpaired) electrons. The van der Waals surface area contributed by atoms with Gasteiger partial charge in [-0.25, -0.2) is 4.79 Å². The first-order chi connectivity index (χ1) is 5.61. The lowest BCUT2D eigenvalue weighted by atomic mass is 10.1. The number of halogens is 1.